The van der Waals surface area contributed by atoms with E-state index in [1.807, 2.05) is 24.3 Å². The quantitative estimate of drug-likeness (QED) is 0.696. The number of hydrogen-bond acceptors (Lipinski definition) is 3. The molecule has 0 aliphatic rings. The zero-order valence-corrected chi connectivity index (χ0v) is 10.4. The fourth-order valence-corrected chi connectivity index (χ4v) is 2.04. The Bertz CT molecular complexity index is 782. The van der Waals surface area contributed by atoms with Crippen LogP contribution in [0.2, 0.25) is 0 Å². The molecule has 3 nitrogen and oxygen atoms in total. The molecule has 0 spiro atoms. The maximum Gasteiger partial charge on any atom is 0.151 e. The second kappa shape index (κ2) is 4.77. The lowest BCUT2D eigenvalue weighted by Crippen LogP contribution is -2.01. The Balaban J connectivity index is 2.10. The minimum absolute atomic E-state index is 0.126. The molecule has 0 aliphatic carbocycles. The first kappa shape index (κ1) is 12.3. The molecule has 0 saturated heterocycles. The lowest BCUT2D eigenvalue weighted by atomic mass is 10.1. The molecule has 0 radical (unpaired) electrons. The maximum atomic E-state index is 13.4. The van der Waals surface area contributed by atoms with Crippen LogP contribution in [0, 0.1) is 11.6 Å². The van der Waals surface area contributed by atoms with Gasteiger partial charge < -0.3 is 11.1 Å². The van der Waals surface area contributed by atoms with Gasteiger partial charge in [-0.25, -0.2) is 8.78 Å². The van der Waals surface area contributed by atoms with Crippen molar-refractivity contribution in [3.05, 3.63) is 60.3 Å². The average molecular weight is 271 g/mol. The smallest absolute Gasteiger partial charge is 0.151 e. The van der Waals surface area contributed by atoms with E-state index in [0.717, 1.165) is 17.5 Å². The summed E-state index contributed by atoms with van der Waals surface area (Å²) in [6, 6.07) is 11.1. The van der Waals surface area contributed by atoms with E-state index in [4.69, 9.17) is 5.73 Å². The molecule has 3 N–H and O–H groups in total. The van der Waals surface area contributed by atoms with Gasteiger partial charge in [0.25, 0.3) is 0 Å². The molecule has 1 heterocycles. The van der Waals surface area contributed by atoms with Crippen LogP contribution >= 0.6 is 0 Å². The lowest BCUT2D eigenvalue weighted by Gasteiger charge is -2.12. The van der Waals surface area contributed by atoms with E-state index in [1.54, 1.807) is 12.3 Å². The molecule has 100 valence electrons. The summed E-state index contributed by atoms with van der Waals surface area (Å²) in [7, 11) is 0. The summed E-state index contributed by atoms with van der Waals surface area (Å²) < 4.78 is 26.7. The highest BCUT2D eigenvalue weighted by Gasteiger charge is 2.10. The van der Waals surface area contributed by atoms with E-state index in [9.17, 15) is 8.78 Å². The summed E-state index contributed by atoms with van der Waals surface area (Å²) in [5, 5.41) is 3.85. The number of fused-ring (bicyclic) bond motifs is 1. The fourth-order valence-electron chi connectivity index (χ4n) is 2.04. The Hall–Kier alpha value is -2.69. The van der Waals surface area contributed by atoms with E-state index in [0.29, 0.717) is 11.2 Å². The Morgan fingerprint density at radius 3 is 2.65 bits per heavy atom. The predicted molar refractivity (Wildman–Crippen MR) is 75.8 cm³/mol. The van der Waals surface area contributed by atoms with Crippen molar-refractivity contribution in [1.82, 2.24) is 4.98 Å². The second-order valence-electron chi connectivity index (χ2n) is 4.35. The van der Waals surface area contributed by atoms with Gasteiger partial charge in [0.15, 0.2) is 5.82 Å². The van der Waals surface area contributed by atoms with Gasteiger partial charge in [-0.3, -0.25) is 4.98 Å². The highest BCUT2D eigenvalue weighted by molar-refractivity contribution is 5.93. The largest absolute Gasteiger partial charge is 0.395 e. The molecule has 0 unspecified atom stereocenters. The van der Waals surface area contributed by atoms with Crippen LogP contribution in [0.3, 0.4) is 0 Å². The fraction of sp³-hybridized carbons (Fsp3) is 0. The van der Waals surface area contributed by atoms with Crippen molar-refractivity contribution in [1.29, 1.82) is 0 Å². The van der Waals surface area contributed by atoms with Gasteiger partial charge in [0.05, 0.1) is 22.6 Å². The Morgan fingerprint density at radius 1 is 1.00 bits per heavy atom. The third-order valence-corrected chi connectivity index (χ3v) is 3.00. The van der Waals surface area contributed by atoms with Crippen molar-refractivity contribution < 1.29 is 8.78 Å². The summed E-state index contributed by atoms with van der Waals surface area (Å²) in [5.74, 6) is -1.48. The van der Waals surface area contributed by atoms with Gasteiger partial charge in [0.2, 0.25) is 0 Å². The zero-order chi connectivity index (χ0) is 14.1. The lowest BCUT2D eigenvalue weighted by molar-refractivity contribution is 0.587. The van der Waals surface area contributed by atoms with Gasteiger partial charge >= 0.3 is 0 Å². The standard InChI is InChI=1S/C15H11F2N3/c16-10-7-11(17)14(18)13(8-10)20-12-5-1-3-9-4-2-6-19-15(9)12/h1-8,20H,18H2. The Kier molecular flexibility index (Phi) is 2.95. The van der Waals surface area contributed by atoms with Crippen LogP contribution in [0.1, 0.15) is 0 Å². The van der Waals surface area contributed by atoms with Gasteiger partial charge in [-0.1, -0.05) is 18.2 Å². The van der Waals surface area contributed by atoms with Crippen LogP contribution in [0.4, 0.5) is 25.8 Å². The molecule has 0 aliphatic heterocycles. The molecule has 5 heteroatoms. The summed E-state index contributed by atoms with van der Waals surface area (Å²) in [6.45, 7) is 0. The maximum absolute atomic E-state index is 13.4. The van der Waals surface area contributed by atoms with Crippen molar-refractivity contribution >= 4 is 28.0 Å². The molecule has 0 atom stereocenters. The molecule has 20 heavy (non-hydrogen) atoms. The molecule has 0 bridgehead atoms. The third kappa shape index (κ3) is 2.14. The normalized spacial score (nSPS) is 10.7. The SMILES string of the molecule is Nc1c(F)cc(F)cc1Nc1cccc2cccnc12. The first-order valence-corrected chi connectivity index (χ1v) is 6.00. The number of halogens is 2. The molecule has 1 aromatic heterocycles. The predicted octanol–water partition coefficient (Wildman–Crippen LogP) is 3.84. The molecule has 2 aromatic carbocycles. The van der Waals surface area contributed by atoms with Crippen molar-refractivity contribution in [3.8, 4) is 0 Å². The number of aromatic nitrogens is 1. The number of nitrogens with two attached hydrogens (primary N) is 1. The van der Waals surface area contributed by atoms with Crippen molar-refractivity contribution in [2.45, 2.75) is 0 Å². The van der Waals surface area contributed by atoms with Crippen molar-refractivity contribution in [3.63, 3.8) is 0 Å². The van der Waals surface area contributed by atoms with Crippen LogP contribution in [0.25, 0.3) is 10.9 Å². The van der Waals surface area contributed by atoms with Crippen LogP contribution < -0.4 is 11.1 Å². The van der Waals surface area contributed by atoms with E-state index < -0.39 is 11.6 Å². The van der Waals surface area contributed by atoms with E-state index in [1.165, 1.54) is 0 Å². The average Bonchev–Trinajstić information content (AvgIpc) is 2.44. The van der Waals surface area contributed by atoms with Crippen molar-refractivity contribution in [2.24, 2.45) is 0 Å². The second-order valence-corrected chi connectivity index (χ2v) is 4.35. The molecule has 0 amide bonds. The number of pyridine rings is 1. The number of para-hydroxylation sites is 1. The number of nitrogen functional groups attached to an aromatic ring is 1. The van der Waals surface area contributed by atoms with Gasteiger partial charge in [0.1, 0.15) is 5.82 Å². The van der Waals surface area contributed by atoms with Gasteiger partial charge in [-0.05, 0) is 18.2 Å². The molecule has 3 rings (SSSR count). The summed E-state index contributed by atoms with van der Waals surface area (Å²) in [6.07, 6.45) is 1.66. The van der Waals surface area contributed by atoms with Gasteiger partial charge in [-0.15, -0.1) is 0 Å². The summed E-state index contributed by atoms with van der Waals surface area (Å²) in [5.41, 5.74) is 7.02. The molecular formula is C15H11F2N3. The third-order valence-electron chi connectivity index (χ3n) is 3.00. The minimum Gasteiger partial charge on any atom is -0.395 e. The summed E-state index contributed by atoms with van der Waals surface area (Å²) in [4.78, 5) is 4.26. The van der Waals surface area contributed by atoms with Crippen LogP contribution in [0.15, 0.2) is 48.7 Å². The van der Waals surface area contributed by atoms with E-state index in [-0.39, 0.29) is 11.4 Å². The number of nitrogens with zero attached hydrogens (tertiary/aromatic N) is 1. The highest BCUT2D eigenvalue weighted by atomic mass is 19.1. The Morgan fingerprint density at radius 2 is 1.80 bits per heavy atom. The van der Waals surface area contributed by atoms with E-state index in [2.05, 4.69) is 10.3 Å². The van der Waals surface area contributed by atoms with E-state index >= 15 is 0 Å². The van der Waals surface area contributed by atoms with Gasteiger partial charge in [0, 0.05) is 17.6 Å². The zero-order valence-electron chi connectivity index (χ0n) is 10.4. The number of benzene rings is 2. The molecule has 0 fully saturated rings. The molecular weight excluding hydrogens is 260 g/mol. The number of nitrogens with one attached hydrogen (secondary N) is 1. The van der Waals surface area contributed by atoms with Crippen LogP contribution in [0.5, 0.6) is 0 Å². The Labute approximate surface area is 114 Å². The summed E-state index contributed by atoms with van der Waals surface area (Å²) >= 11 is 0. The first-order valence-electron chi connectivity index (χ1n) is 6.00. The molecule has 0 saturated carbocycles. The minimum atomic E-state index is -0.791. The molecule has 3 aromatic rings. The van der Waals surface area contributed by atoms with Crippen LogP contribution in [-0.2, 0) is 0 Å². The van der Waals surface area contributed by atoms with Crippen molar-refractivity contribution in [2.75, 3.05) is 11.1 Å². The highest BCUT2D eigenvalue weighted by Crippen LogP contribution is 2.29. The topological polar surface area (TPSA) is 50.9 Å². The number of hydrogen-bond donors (Lipinski definition) is 2. The number of anilines is 3. The number of rotatable bonds is 2. The van der Waals surface area contributed by atoms with Gasteiger partial charge in [-0.2, -0.15) is 0 Å². The van der Waals surface area contributed by atoms with Crippen LogP contribution in [-0.4, -0.2) is 4.98 Å². The monoisotopic (exact) mass is 271 g/mol. The first-order chi connectivity index (χ1) is 9.65.